The fraction of sp³-hybridized carbons (Fsp3) is 0.333. The van der Waals surface area contributed by atoms with Gasteiger partial charge in [0.2, 0.25) is 0 Å². The van der Waals surface area contributed by atoms with E-state index in [2.05, 4.69) is 114 Å². The predicted molar refractivity (Wildman–Crippen MR) is 110 cm³/mol. The first-order valence-electron chi connectivity index (χ1n) is 8.72. The molecular formula is C24H26B. The van der Waals surface area contributed by atoms with Gasteiger partial charge in [0.15, 0.2) is 0 Å². The molecule has 2 aromatic rings. The Labute approximate surface area is 154 Å². The SMILES string of the molecule is CC(C)(C)c1ccc(C#C[B]C#Cc2ccc(C(C)(C)C)cc2)cc1. The van der Waals surface area contributed by atoms with E-state index in [0.717, 1.165) is 11.1 Å². The molecule has 0 nitrogen and oxygen atoms in total. The van der Waals surface area contributed by atoms with Crippen LogP contribution in [0.15, 0.2) is 48.5 Å². The minimum absolute atomic E-state index is 0.173. The molecule has 0 heterocycles. The van der Waals surface area contributed by atoms with Crippen LogP contribution in [0.3, 0.4) is 0 Å². The molecule has 0 aliphatic rings. The monoisotopic (exact) mass is 325 g/mol. The van der Waals surface area contributed by atoms with Gasteiger partial charge in [0.25, 0.3) is 0 Å². The van der Waals surface area contributed by atoms with Crippen molar-refractivity contribution in [3.63, 3.8) is 0 Å². The Morgan fingerprint density at radius 2 is 0.880 bits per heavy atom. The van der Waals surface area contributed by atoms with Gasteiger partial charge in [-0.25, -0.2) is 0 Å². The Bertz CT molecular complexity index is 745. The molecule has 0 aliphatic heterocycles. The molecule has 0 saturated carbocycles. The van der Waals surface area contributed by atoms with Crippen molar-refractivity contribution >= 4 is 7.28 Å². The Hall–Kier alpha value is -2.38. The first-order valence-corrected chi connectivity index (χ1v) is 8.72. The summed E-state index contributed by atoms with van der Waals surface area (Å²) in [5.41, 5.74) is 5.01. The van der Waals surface area contributed by atoms with Crippen LogP contribution in [0.1, 0.15) is 63.8 Å². The molecular weight excluding hydrogens is 299 g/mol. The summed E-state index contributed by atoms with van der Waals surface area (Å²) in [5.74, 6) is 12.3. The second-order valence-electron chi connectivity index (χ2n) is 8.34. The molecule has 0 unspecified atom stereocenters. The summed E-state index contributed by atoms with van der Waals surface area (Å²) < 4.78 is 0. The molecule has 1 radical (unpaired) electrons. The summed E-state index contributed by atoms with van der Waals surface area (Å²) in [6, 6.07) is 16.9. The number of hydrogen-bond acceptors (Lipinski definition) is 0. The summed E-state index contributed by atoms with van der Waals surface area (Å²) in [4.78, 5) is 0. The van der Waals surface area contributed by atoms with E-state index in [0.29, 0.717) is 0 Å². The van der Waals surface area contributed by atoms with E-state index in [1.807, 2.05) is 0 Å². The van der Waals surface area contributed by atoms with E-state index < -0.39 is 0 Å². The van der Waals surface area contributed by atoms with Crippen molar-refractivity contribution in [3.8, 4) is 23.5 Å². The van der Waals surface area contributed by atoms with Crippen molar-refractivity contribution in [2.75, 3.05) is 0 Å². The molecule has 0 aliphatic carbocycles. The topological polar surface area (TPSA) is 0 Å². The van der Waals surface area contributed by atoms with Gasteiger partial charge in [-0.15, -0.1) is 11.6 Å². The van der Waals surface area contributed by atoms with Crippen molar-refractivity contribution in [1.29, 1.82) is 0 Å². The lowest BCUT2D eigenvalue weighted by molar-refractivity contribution is 0.590. The third-order valence-electron chi connectivity index (χ3n) is 4.08. The quantitative estimate of drug-likeness (QED) is 0.455. The van der Waals surface area contributed by atoms with E-state index in [-0.39, 0.29) is 10.8 Å². The van der Waals surface area contributed by atoms with Gasteiger partial charge in [-0.05, 0) is 46.2 Å². The van der Waals surface area contributed by atoms with Crippen LogP contribution >= 0.6 is 0 Å². The van der Waals surface area contributed by atoms with Crippen molar-refractivity contribution in [1.82, 2.24) is 0 Å². The van der Waals surface area contributed by atoms with Gasteiger partial charge in [-0.2, -0.15) is 0 Å². The zero-order valence-electron chi connectivity index (χ0n) is 16.2. The second kappa shape index (κ2) is 7.67. The van der Waals surface area contributed by atoms with Crippen LogP contribution in [0, 0.1) is 23.5 Å². The maximum atomic E-state index is 3.13. The lowest BCUT2D eigenvalue weighted by Gasteiger charge is -2.18. The highest BCUT2D eigenvalue weighted by molar-refractivity contribution is 6.55. The molecule has 0 N–H and O–H groups in total. The molecule has 0 atom stereocenters. The van der Waals surface area contributed by atoms with E-state index in [4.69, 9.17) is 0 Å². The van der Waals surface area contributed by atoms with Crippen LogP contribution in [0.5, 0.6) is 0 Å². The largest absolute Gasteiger partial charge is 0.315 e. The third kappa shape index (κ3) is 5.88. The van der Waals surface area contributed by atoms with Gasteiger partial charge >= 0.3 is 7.28 Å². The molecule has 0 bridgehead atoms. The van der Waals surface area contributed by atoms with Crippen molar-refractivity contribution < 1.29 is 0 Å². The highest BCUT2D eigenvalue weighted by atomic mass is 14.2. The molecule has 0 spiro atoms. The fourth-order valence-electron chi connectivity index (χ4n) is 2.38. The number of benzene rings is 2. The Balaban J connectivity index is 1.96. The maximum Gasteiger partial charge on any atom is 0.315 e. The summed E-state index contributed by atoms with van der Waals surface area (Å²) in [6.45, 7) is 13.3. The van der Waals surface area contributed by atoms with E-state index in [9.17, 15) is 0 Å². The lowest BCUT2D eigenvalue weighted by Crippen LogP contribution is -2.10. The van der Waals surface area contributed by atoms with Crippen LogP contribution in [-0.4, -0.2) is 7.28 Å². The number of rotatable bonds is 0. The summed E-state index contributed by atoms with van der Waals surface area (Å²) in [6.07, 6.45) is 0. The van der Waals surface area contributed by atoms with Gasteiger partial charge in [0.05, 0.1) is 0 Å². The summed E-state index contributed by atoms with van der Waals surface area (Å²) >= 11 is 0. The van der Waals surface area contributed by atoms with Crippen molar-refractivity contribution in [3.05, 3.63) is 70.8 Å². The molecule has 125 valence electrons. The second-order valence-corrected chi connectivity index (χ2v) is 8.34. The first kappa shape index (κ1) is 19.0. The van der Waals surface area contributed by atoms with Crippen molar-refractivity contribution in [2.45, 2.75) is 52.4 Å². The Kier molecular flexibility index (Phi) is 5.82. The fourth-order valence-corrected chi connectivity index (χ4v) is 2.38. The van der Waals surface area contributed by atoms with Gasteiger partial charge in [-0.3, -0.25) is 0 Å². The molecule has 1 heteroatoms. The molecule has 2 rings (SSSR count). The van der Waals surface area contributed by atoms with Crippen LogP contribution in [0.2, 0.25) is 0 Å². The Morgan fingerprint density at radius 3 is 1.16 bits per heavy atom. The van der Waals surface area contributed by atoms with Crippen LogP contribution in [-0.2, 0) is 10.8 Å². The van der Waals surface area contributed by atoms with Gasteiger partial charge < -0.3 is 0 Å². The predicted octanol–water partition coefficient (Wildman–Crippen LogP) is 5.30. The molecule has 0 fully saturated rings. The van der Waals surface area contributed by atoms with Gasteiger partial charge in [0, 0.05) is 11.1 Å². The summed E-state index contributed by atoms with van der Waals surface area (Å²) in [5, 5.41) is 0. The van der Waals surface area contributed by atoms with Crippen LogP contribution in [0.4, 0.5) is 0 Å². The zero-order valence-corrected chi connectivity index (χ0v) is 16.2. The van der Waals surface area contributed by atoms with E-state index in [1.54, 1.807) is 7.28 Å². The highest BCUT2D eigenvalue weighted by Crippen LogP contribution is 2.22. The van der Waals surface area contributed by atoms with Gasteiger partial charge in [-0.1, -0.05) is 77.6 Å². The summed E-state index contributed by atoms with van der Waals surface area (Å²) in [7, 11) is 1.72. The van der Waals surface area contributed by atoms with Gasteiger partial charge in [0.1, 0.15) is 0 Å². The molecule has 25 heavy (non-hydrogen) atoms. The average molecular weight is 325 g/mol. The third-order valence-corrected chi connectivity index (χ3v) is 4.08. The minimum atomic E-state index is 0.173. The lowest BCUT2D eigenvalue weighted by atomic mass is 9.80. The smallest absolute Gasteiger partial charge is 0.139 e. The first-order chi connectivity index (χ1) is 11.7. The molecule has 0 saturated heterocycles. The molecule has 0 aromatic heterocycles. The Morgan fingerprint density at radius 1 is 0.560 bits per heavy atom. The minimum Gasteiger partial charge on any atom is -0.139 e. The highest BCUT2D eigenvalue weighted by Gasteiger charge is 2.13. The zero-order chi connectivity index (χ0) is 18.5. The number of hydrogen-bond donors (Lipinski definition) is 0. The van der Waals surface area contributed by atoms with E-state index in [1.165, 1.54) is 11.1 Å². The standard InChI is InChI=1S/C24H26B/c1-23(2,3)21-11-7-19(8-12-21)15-17-25-18-16-20-9-13-22(14-10-20)24(4,5)6/h7-14H,1-6H3. The van der Waals surface area contributed by atoms with E-state index >= 15 is 0 Å². The van der Waals surface area contributed by atoms with Crippen LogP contribution in [0.25, 0.3) is 0 Å². The van der Waals surface area contributed by atoms with Crippen LogP contribution < -0.4 is 0 Å². The maximum absolute atomic E-state index is 3.13. The molecule has 2 aromatic carbocycles. The average Bonchev–Trinajstić information content (AvgIpc) is 2.54. The molecule has 0 amide bonds. The van der Waals surface area contributed by atoms with Crippen molar-refractivity contribution in [2.24, 2.45) is 0 Å². The normalized spacial score (nSPS) is 11.0.